The summed E-state index contributed by atoms with van der Waals surface area (Å²) < 4.78 is 0. The van der Waals surface area contributed by atoms with Crippen LogP contribution in [-0.4, -0.2) is 11.1 Å². The normalized spacial score (nSPS) is 13.5. The second-order valence-corrected chi connectivity index (χ2v) is 3.94. The first kappa shape index (κ1) is 14.0. The van der Waals surface area contributed by atoms with Crippen molar-refractivity contribution in [2.75, 3.05) is 0 Å². The standard InChI is InChI=1S/C16H18O2/c1-3-5-9-13(4-2)15(12-16(17)18)14-10-7-6-8-11-14/h3-11,15H,1,12H2,2H3,(H,17,18)/b9-5-,13-4+. The molecule has 0 aliphatic carbocycles. The number of carbonyl (C=O) groups is 1. The van der Waals surface area contributed by atoms with E-state index in [9.17, 15) is 4.79 Å². The minimum absolute atomic E-state index is 0.0885. The topological polar surface area (TPSA) is 37.3 Å². The van der Waals surface area contributed by atoms with Crippen molar-refractivity contribution in [2.45, 2.75) is 19.3 Å². The molecule has 0 aliphatic heterocycles. The molecule has 0 aromatic heterocycles. The predicted octanol–water partition coefficient (Wildman–Crippen LogP) is 3.93. The molecular weight excluding hydrogens is 224 g/mol. The van der Waals surface area contributed by atoms with Gasteiger partial charge in [-0.3, -0.25) is 4.79 Å². The van der Waals surface area contributed by atoms with Crippen molar-refractivity contribution in [2.24, 2.45) is 0 Å². The largest absolute Gasteiger partial charge is 0.481 e. The van der Waals surface area contributed by atoms with Crippen LogP contribution in [0.5, 0.6) is 0 Å². The molecule has 1 N–H and O–H groups in total. The highest BCUT2D eigenvalue weighted by Gasteiger charge is 2.17. The van der Waals surface area contributed by atoms with Gasteiger partial charge in [-0.1, -0.05) is 61.2 Å². The summed E-state index contributed by atoms with van der Waals surface area (Å²) in [6, 6.07) is 9.69. The van der Waals surface area contributed by atoms with Gasteiger partial charge in [-0.2, -0.15) is 0 Å². The number of allylic oxidation sites excluding steroid dienone is 5. The van der Waals surface area contributed by atoms with Crippen LogP contribution in [0.2, 0.25) is 0 Å². The van der Waals surface area contributed by atoms with E-state index >= 15 is 0 Å². The maximum absolute atomic E-state index is 11.0. The van der Waals surface area contributed by atoms with Crippen molar-refractivity contribution in [3.63, 3.8) is 0 Å². The first-order valence-electron chi connectivity index (χ1n) is 5.91. The number of aliphatic carboxylic acids is 1. The summed E-state index contributed by atoms with van der Waals surface area (Å²) in [6.45, 7) is 5.55. The lowest BCUT2D eigenvalue weighted by Crippen LogP contribution is -2.08. The van der Waals surface area contributed by atoms with Crippen LogP contribution in [0.15, 0.2) is 66.8 Å². The van der Waals surface area contributed by atoms with Crippen LogP contribution < -0.4 is 0 Å². The van der Waals surface area contributed by atoms with Crippen molar-refractivity contribution in [1.29, 1.82) is 0 Å². The summed E-state index contributed by atoms with van der Waals surface area (Å²) in [5.74, 6) is -0.917. The summed E-state index contributed by atoms with van der Waals surface area (Å²) in [7, 11) is 0. The third-order valence-electron chi connectivity index (χ3n) is 2.74. The summed E-state index contributed by atoms with van der Waals surface area (Å²) in [5.41, 5.74) is 2.00. The Morgan fingerprint density at radius 2 is 2.06 bits per heavy atom. The van der Waals surface area contributed by atoms with Crippen LogP contribution in [0.4, 0.5) is 0 Å². The van der Waals surface area contributed by atoms with Crippen molar-refractivity contribution < 1.29 is 9.90 Å². The van der Waals surface area contributed by atoms with Crippen molar-refractivity contribution in [1.82, 2.24) is 0 Å². The van der Waals surface area contributed by atoms with Crippen LogP contribution in [0.3, 0.4) is 0 Å². The summed E-state index contributed by atoms with van der Waals surface area (Å²) in [4.78, 5) is 11.0. The monoisotopic (exact) mass is 242 g/mol. The molecule has 0 heterocycles. The molecule has 1 atom stereocenters. The maximum Gasteiger partial charge on any atom is 0.304 e. The molecular formula is C16H18O2. The number of benzene rings is 1. The zero-order chi connectivity index (χ0) is 13.4. The van der Waals surface area contributed by atoms with Gasteiger partial charge < -0.3 is 5.11 Å². The van der Waals surface area contributed by atoms with Gasteiger partial charge in [-0.25, -0.2) is 0 Å². The van der Waals surface area contributed by atoms with Gasteiger partial charge in [-0.15, -0.1) is 0 Å². The molecule has 0 spiro atoms. The molecule has 0 aliphatic rings. The van der Waals surface area contributed by atoms with Gasteiger partial charge in [0.1, 0.15) is 0 Å². The van der Waals surface area contributed by atoms with Gasteiger partial charge in [-0.05, 0) is 18.1 Å². The smallest absolute Gasteiger partial charge is 0.304 e. The highest BCUT2D eigenvalue weighted by Crippen LogP contribution is 2.28. The fraction of sp³-hybridized carbons (Fsp3) is 0.188. The quantitative estimate of drug-likeness (QED) is 0.767. The zero-order valence-electron chi connectivity index (χ0n) is 10.5. The number of hydrogen-bond acceptors (Lipinski definition) is 1. The Morgan fingerprint density at radius 1 is 1.39 bits per heavy atom. The Hall–Kier alpha value is -2.09. The average molecular weight is 242 g/mol. The molecule has 0 radical (unpaired) electrons. The van der Waals surface area contributed by atoms with Crippen LogP contribution in [-0.2, 0) is 4.79 Å². The molecule has 0 amide bonds. The molecule has 1 aromatic carbocycles. The minimum Gasteiger partial charge on any atom is -0.481 e. The fourth-order valence-corrected chi connectivity index (χ4v) is 1.88. The maximum atomic E-state index is 11.0. The minimum atomic E-state index is -0.796. The third-order valence-corrected chi connectivity index (χ3v) is 2.74. The van der Waals surface area contributed by atoms with E-state index in [1.807, 2.05) is 55.5 Å². The van der Waals surface area contributed by atoms with Crippen molar-refractivity contribution in [3.05, 3.63) is 72.4 Å². The third kappa shape index (κ3) is 4.06. The van der Waals surface area contributed by atoms with E-state index in [-0.39, 0.29) is 12.3 Å². The number of carboxylic acid groups (broad SMARTS) is 1. The lowest BCUT2D eigenvalue weighted by atomic mass is 9.88. The van der Waals surface area contributed by atoms with Crippen LogP contribution in [0, 0.1) is 0 Å². The molecule has 0 saturated carbocycles. The molecule has 1 rings (SSSR count). The molecule has 0 saturated heterocycles. The van der Waals surface area contributed by atoms with Crippen molar-refractivity contribution >= 4 is 5.97 Å². The molecule has 18 heavy (non-hydrogen) atoms. The lowest BCUT2D eigenvalue weighted by Gasteiger charge is -2.16. The fourth-order valence-electron chi connectivity index (χ4n) is 1.88. The van der Waals surface area contributed by atoms with Crippen LogP contribution >= 0.6 is 0 Å². The molecule has 0 fully saturated rings. The first-order chi connectivity index (χ1) is 8.69. The highest BCUT2D eigenvalue weighted by molar-refractivity contribution is 5.69. The van der Waals surface area contributed by atoms with E-state index in [2.05, 4.69) is 6.58 Å². The summed E-state index contributed by atoms with van der Waals surface area (Å²) >= 11 is 0. The number of carboxylic acids is 1. The summed E-state index contributed by atoms with van der Waals surface area (Å²) in [6.07, 6.45) is 7.46. The van der Waals surface area contributed by atoms with Gasteiger partial charge in [0.15, 0.2) is 0 Å². The molecule has 1 unspecified atom stereocenters. The number of hydrogen-bond donors (Lipinski definition) is 1. The molecule has 2 nitrogen and oxygen atoms in total. The van der Waals surface area contributed by atoms with Crippen LogP contribution in [0.1, 0.15) is 24.8 Å². The Morgan fingerprint density at radius 3 is 2.56 bits per heavy atom. The highest BCUT2D eigenvalue weighted by atomic mass is 16.4. The average Bonchev–Trinajstić information content (AvgIpc) is 2.39. The Bertz CT molecular complexity index is 455. The van der Waals surface area contributed by atoms with E-state index < -0.39 is 5.97 Å². The van der Waals surface area contributed by atoms with E-state index in [1.54, 1.807) is 6.08 Å². The lowest BCUT2D eigenvalue weighted by molar-refractivity contribution is -0.137. The molecule has 0 bridgehead atoms. The zero-order valence-corrected chi connectivity index (χ0v) is 10.5. The van der Waals surface area contributed by atoms with Gasteiger partial charge in [0.25, 0.3) is 0 Å². The van der Waals surface area contributed by atoms with Gasteiger partial charge in [0.05, 0.1) is 6.42 Å². The van der Waals surface area contributed by atoms with E-state index in [4.69, 9.17) is 5.11 Å². The van der Waals surface area contributed by atoms with Crippen LogP contribution in [0.25, 0.3) is 0 Å². The van der Waals surface area contributed by atoms with Crippen molar-refractivity contribution in [3.8, 4) is 0 Å². The first-order valence-corrected chi connectivity index (χ1v) is 5.91. The molecule has 94 valence electrons. The van der Waals surface area contributed by atoms with Gasteiger partial charge in [0, 0.05) is 5.92 Å². The second kappa shape index (κ2) is 7.28. The van der Waals surface area contributed by atoms with E-state index in [0.717, 1.165) is 11.1 Å². The van der Waals surface area contributed by atoms with E-state index in [0.29, 0.717) is 0 Å². The predicted molar refractivity (Wildman–Crippen MR) is 74.5 cm³/mol. The van der Waals surface area contributed by atoms with Gasteiger partial charge in [0.2, 0.25) is 0 Å². The van der Waals surface area contributed by atoms with Gasteiger partial charge >= 0.3 is 5.97 Å². The Balaban J connectivity index is 3.08. The molecule has 2 heteroatoms. The summed E-state index contributed by atoms with van der Waals surface area (Å²) in [5, 5.41) is 9.04. The molecule has 1 aromatic rings. The SMILES string of the molecule is C=C/C=C\C(=C/C)C(CC(=O)O)c1ccccc1. The Labute approximate surface area is 108 Å². The number of rotatable bonds is 6. The van der Waals surface area contributed by atoms with E-state index in [1.165, 1.54) is 0 Å². The Kier molecular flexibility index (Phi) is 5.65. The second-order valence-electron chi connectivity index (χ2n) is 3.94.